The highest BCUT2D eigenvalue weighted by Crippen LogP contribution is 2.05. The maximum Gasteiger partial charge on any atom is 0.228 e. The minimum absolute atomic E-state index is 0.288. The van der Waals surface area contributed by atoms with E-state index in [4.69, 9.17) is 14.0 Å². The molecule has 1 aromatic rings. The summed E-state index contributed by atoms with van der Waals surface area (Å²) in [4.78, 5) is 4.35. The number of methoxy groups -OCH3 is 1. The summed E-state index contributed by atoms with van der Waals surface area (Å²) < 4.78 is 15.6. The van der Waals surface area contributed by atoms with E-state index in [9.17, 15) is 0 Å². The molecule has 0 aliphatic carbocycles. The molecule has 2 rings (SSSR count). The van der Waals surface area contributed by atoms with Crippen LogP contribution in [0.4, 0.5) is 0 Å². The fourth-order valence-corrected chi connectivity index (χ4v) is 1.81. The third kappa shape index (κ3) is 4.07. The van der Waals surface area contributed by atoms with E-state index in [1.807, 2.05) is 0 Å². The summed E-state index contributed by atoms with van der Waals surface area (Å²) in [5.41, 5.74) is 0. The van der Waals surface area contributed by atoms with E-state index in [1.54, 1.807) is 7.11 Å². The van der Waals surface area contributed by atoms with Crippen LogP contribution in [0.3, 0.4) is 0 Å². The Hall–Kier alpha value is -0.980. The molecule has 1 N–H and O–H groups in total. The van der Waals surface area contributed by atoms with E-state index in [-0.39, 0.29) is 6.04 Å². The zero-order valence-electron chi connectivity index (χ0n) is 10.1. The SMILES string of the molecule is COCCCc1noc(CC2COCCN2)n1. The summed E-state index contributed by atoms with van der Waals surface area (Å²) in [5, 5.41) is 7.30. The highest BCUT2D eigenvalue weighted by Gasteiger charge is 2.17. The van der Waals surface area contributed by atoms with Crippen LogP contribution in [0.25, 0.3) is 0 Å². The largest absolute Gasteiger partial charge is 0.385 e. The fourth-order valence-electron chi connectivity index (χ4n) is 1.81. The normalized spacial score (nSPS) is 20.6. The first-order chi connectivity index (χ1) is 8.38. The molecule has 0 radical (unpaired) electrons. The lowest BCUT2D eigenvalue weighted by Crippen LogP contribution is -2.42. The summed E-state index contributed by atoms with van der Waals surface area (Å²) in [6, 6.07) is 0.288. The van der Waals surface area contributed by atoms with Gasteiger partial charge in [-0.1, -0.05) is 5.16 Å². The molecule has 1 unspecified atom stereocenters. The molecular formula is C11H19N3O3. The number of aryl methyl sites for hydroxylation is 1. The molecule has 1 aliphatic rings. The molecule has 0 bridgehead atoms. The van der Waals surface area contributed by atoms with E-state index in [2.05, 4.69) is 15.5 Å². The predicted molar refractivity (Wildman–Crippen MR) is 60.8 cm³/mol. The zero-order valence-corrected chi connectivity index (χ0v) is 10.1. The van der Waals surface area contributed by atoms with Crippen molar-refractivity contribution in [2.45, 2.75) is 25.3 Å². The molecule has 6 heteroatoms. The Labute approximate surface area is 101 Å². The second-order valence-electron chi connectivity index (χ2n) is 4.13. The van der Waals surface area contributed by atoms with Gasteiger partial charge in [0.15, 0.2) is 5.82 Å². The Morgan fingerprint density at radius 3 is 3.24 bits per heavy atom. The lowest BCUT2D eigenvalue weighted by atomic mass is 10.2. The monoisotopic (exact) mass is 241 g/mol. The highest BCUT2D eigenvalue weighted by molar-refractivity contribution is 4.90. The first-order valence-corrected chi connectivity index (χ1v) is 6.00. The average Bonchev–Trinajstić information content (AvgIpc) is 2.79. The molecular weight excluding hydrogens is 222 g/mol. The van der Waals surface area contributed by atoms with Crippen molar-refractivity contribution < 1.29 is 14.0 Å². The maximum atomic E-state index is 5.37. The van der Waals surface area contributed by atoms with Gasteiger partial charge < -0.3 is 19.3 Å². The van der Waals surface area contributed by atoms with E-state index in [1.165, 1.54) is 0 Å². The van der Waals surface area contributed by atoms with Crippen LogP contribution in [0.2, 0.25) is 0 Å². The smallest absolute Gasteiger partial charge is 0.228 e. The van der Waals surface area contributed by atoms with Gasteiger partial charge in [-0.2, -0.15) is 4.98 Å². The Bertz CT molecular complexity index is 324. The molecule has 0 saturated carbocycles. The van der Waals surface area contributed by atoms with Crippen LogP contribution in [0, 0.1) is 0 Å². The summed E-state index contributed by atoms with van der Waals surface area (Å²) in [5.74, 6) is 1.44. The van der Waals surface area contributed by atoms with Gasteiger partial charge in [-0.3, -0.25) is 0 Å². The number of nitrogens with one attached hydrogen (secondary N) is 1. The number of morpholine rings is 1. The number of ether oxygens (including phenoxy) is 2. The van der Waals surface area contributed by atoms with Gasteiger partial charge in [0.25, 0.3) is 0 Å². The van der Waals surface area contributed by atoms with Gasteiger partial charge in [0.2, 0.25) is 5.89 Å². The van der Waals surface area contributed by atoms with Crippen LogP contribution in [0.15, 0.2) is 4.52 Å². The van der Waals surface area contributed by atoms with Gasteiger partial charge >= 0.3 is 0 Å². The van der Waals surface area contributed by atoms with Gasteiger partial charge in [-0.15, -0.1) is 0 Å². The Morgan fingerprint density at radius 2 is 2.47 bits per heavy atom. The summed E-state index contributed by atoms with van der Waals surface area (Å²) >= 11 is 0. The third-order valence-electron chi connectivity index (χ3n) is 2.68. The van der Waals surface area contributed by atoms with Crippen LogP contribution in [0.5, 0.6) is 0 Å². The number of hydrogen-bond donors (Lipinski definition) is 1. The standard InChI is InChI=1S/C11H19N3O3/c1-15-5-2-3-10-13-11(17-14-10)7-9-8-16-6-4-12-9/h9,12H,2-8H2,1H3. The lowest BCUT2D eigenvalue weighted by molar-refractivity contribution is 0.0744. The molecule has 1 fully saturated rings. The van der Waals surface area contributed by atoms with E-state index < -0.39 is 0 Å². The minimum atomic E-state index is 0.288. The molecule has 2 heterocycles. The van der Waals surface area contributed by atoms with Gasteiger partial charge in [0, 0.05) is 39.1 Å². The van der Waals surface area contributed by atoms with E-state index in [0.717, 1.165) is 44.8 Å². The third-order valence-corrected chi connectivity index (χ3v) is 2.68. The van der Waals surface area contributed by atoms with Gasteiger partial charge in [-0.25, -0.2) is 0 Å². The maximum absolute atomic E-state index is 5.37. The topological polar surface area (TPSA) is 69.4 Å². The molecule has 0 amide bonds. The predicted octanol–water partition coefficient (Wildman–Crippen LogP) is 0.180. The second kappa shape index (κ2) is 6.68. The van der Waals surface area contributed by atoms with Crippen LogP contribution < -0.4 is 5.32 Å². The summed E-state index contributed by atoms with van der Waals surface area (Å²) in [6.45, 7) is 3.10. The molecule has 1 atom stereocenters. The fraction of sp³-hybridized carbons (Fsp3) is 0.818. The van der Waals surface area contributed by atoms with Gasteiger partial charge in [-0.05, 0) is 6.42 Å². The number of rotatable bonds is 6. The van der Waals surface area contributed by atoms with Crippen LogP contribution in [-0.4, -0.2) is 49.7 Å². The van der Waals surface area contributed by atoms with Crippen molar-refractivity contribution in [3.63, 3.8) is 0 Å². The second-order valence-corrected chi connectivity index (χ2v) is 4.13. The lowest BCUT2D eigenvalue weighted by Gasteiger charge is -2.22. The molecule has 1 saturated heterocycles. The zero-order chi connectivity index (χ0) is 11.9. The van der Waals surface area contributed by atoms with Crippen molar-refractivity contribution >= 4 is 0 Å². The Morgan fingerprint density at radius 1 is 1.53 bits per heavy atom. The number of hydrogen-bond acceptors (Lipinski definition) is 6. The Balaban J connectivity index is 1.76. The Kier molecular flexibility index (Phi) is 4.90. The van der Waals surface area contributed by atoms with Crippen LogP contribution >= 0.6 is 0 Å². The first kappa shape index (κ1) is 12.5. The minimum Gasteiger partial charge on any atom is -0.385 e. The number of nitrogens with zero attached hydrogens (tertiary/aromatic N) is 2. The van der Waals surface area contributed by atoms with Crippen molar-refractivity contribution in [2.24, 2.45) is 0 Å². The molecule has 0 aromatic carbocycles. The summed E-state index contributed by atoms with van der Waals surface area (Å²) in [7, 11) is 1.69. The molecule has 0 spiro atoms. The van der Waals surface area contributed by atoms with Crippen molar-refractivity contribution in [1.29, 1.82) is 0 Å². The van der Waals surface area contributed by atoms with Crippen molar-refractivity contribution in [3.05, 3.63) is 11.7 Å². The van der Waals surface area contributed by atoms with E-state index in [0.29, 0.717) is 12.5 Å². The van der Waals surface area contributed by atoms with Crippen molar-refractivity contribution in [2.75, 3.05) is 33.5 Å². The average molecular weight is 241 g/mol. The van der Waals surface area contributed by atoms with Crippen molar-refractivity contribution in [1.82, 2.24) is 15.5 Å². The quantitative estimate of drug-likeness (QED) is 0.716. The molecule has 17 heavy (non-hydrogen) atoms. The summed E-state index contributed by atoms with van der Waals surface area (Å²) in [6.07, 6.45) is 2.45. The van der Waals surface area contributed by atoms with Gasteiger partial charge in [0.05, 0.1) is 13.2 Å². The molecule has 6 nitrogen and oxygen atoms in total. The highest BCUT2D eigenvalue weighted by atomic mass is 16.5. The van der Waals surface area contributed by atoms with Crippen LogP contribution in [0.1, 0.15) is 18.1 Å². The first-order valence-electron chi connectivity index (χ1n) is 6.00. The van der Waals surface area contributed by atoms with E-state index >= 15 is 0 Å². The van der Waals surface area contributed by atoms with Gasteiger partial charge in [0.1, 0.15) is 0 Å². The van der Waals surface area contributed by atoms with Crippen LogP contribution in [-0.2, 0) is 22.3 Å². The van der Waals surface area contributed by atoms with Crippen molar-refractivity contribution in [3.8, 4) is 0 Å². The molecule has 1 aliphatic heterocycles. The molecule has 96 valence electrons. The molecule has 1 aromatic heterocycles. The number of aromatic nitrogens is 2.